The fourth-order valence-electron chi connectivity index (χ4n) is 2.77. The highest BCUT2D eigenvalue weighted by atomic mass is 16.3. The number of furan rings is 1. The number of nitrogens with zero attached hydrogens (tertiary/aromatic N) is 1. The van der Waals surface area contributed by atoms with Gasteiger partial charge in [0.05, 0.1) is 6.20 Å². The average molecular weight is 259 g/mol. The third kappa shape index (κ3) is 2.32. The Morgan fingerprint density at radius 3 is 2.84 bits per heavy atom. The lowest BCUT2D eigenvalue weighted by molar-refractivity contribution is 0.175. The van der Waals surface area contributed by atoms with Gasteiger partial charge in [0.1, 0.15) is 11.5 Å². The molecule has 0 saturated heterocycles. The third-order valence-electron chi connectivity index (χ3n) is 4.35. The third-order valence-corrected chi connectivity index (χ3v) is 4.35. The molecule has 19 heavy (non-hydrogen) atoms. The molecular formula is C15H21N3O. The highest BCUT2D eigenvalue weighted by molar-refractivity contribution is 5.56. The van der Waals surface area contributed by atoms with Crippen molar-refractivity contribution < 1.29 is 4.42 Å². The Hall–Kier alpha value is -1.55. The highest BCUT2D eigenvalue weighted by Gasteiger charge is 2.34. The lowest BCUT2D eigenvalue weighted by Crippen LogP contribution is -2.49. The molecule has 0 atom stereocenters. The molecule has 2 aromatic heterocycles. The summed E-state index contributed by atoms with van der Waals surface area (Å²) < 4.78 is 5.67. The van der Waals surface area contributed by atoms with Crippen LogP contribution < -0.4 is 5.32 Å². The minimum atomic E-state index is 0.355. The number of hydrogen-bond donors (Lipinski definition) is 2. The first-order valence-electron chi connectivity index (χ1n) is 7.06. The summed E-state index contributed by atoms with van der Waals surface area (Å²) in [5.74, 6) is 1.79. The summed E-state index contributed by atoms with van der Waals surface area (Å²) in [5, 5.41) is 10.9. The van der Waals surface area contributed by atoms with E-state index in [1.165, 1.54) is 31.2 Å². The monoisotopic (exact) mass is 259 g/mol. The zero-order chi connectivity index (χ0) is 13.3. The Labute approximate surface area is 113 Å². The molecule has 1 aliphatic carbocycles. The molecule has 3 rings (SSSR count). The van der Waals surface area contributed by atoms with Crippen LogP contribution in [0, 0.1) is 6.92 Å². The second kappa shape index (κ2) is 4.85. The maximum Gasteiger partial charge on any atom is 0.152 e. The molecule has 2 heterocycles. The molecule has 0 amide bonds. The summed E-state index contributed by atoms with van der Waals surface area (Å²) in [7, 11) is 0. The van der Waals surface area contributed by atoms with Gasteiger partial charge in [-0.3, -0.25) is 5.10 Å². The van der Waals surface area contributed by atoms with Crippen LogP contribution in [0.4, 0.5) is 0 Å². The molecule has 0 bridgehead atoms. The number of aryl methyl sites for hydroxylation is 1. The molecular weight excluding hydrogens is 238 g/mol. The largest absolute Gasteiger partial charge is 0.460 e. The smallest absolute Gasteiger partial charge is 0.152 e. The number of hydrogen-bond acceptors (Lipinski definition) is 3. The molecule has 0 radical (unpaired) electrons. The summed E-state index contributed by atoms with van der Waals surface area (Å²) >= 11 is 0. The van der Waals surface area contributed by atoms with E-state index in [0.29, 0.717) is 5.54 Å². The van der Waals surface area contributed by atoms with Crippen LogP contribution >= 0.6 is 0 Å². The lowest BCUT2D eigenvalue weighted by atomic mass is 9.75. The van der Waals surface area contributed by atoms with Gasteiger partial charge >= 0.3 is 0 Å². The zero-order valence-corrected chi connectivity index (χ0v) is 11.6. The van der Waals surface area contributed by atoms with E-state index in [-0.39, 0.29) is 0 Å². The van der Waals surface area contributed by atoms with E-state index in [2.05, 4.69) is 22.4 Å². The van der Waals surface area contributed by atoms with E-state index in [1.54, 1.807) is 0 Å². The highest BCUT2D eigenvalue weighted by Crippen LogP contribution is 2.35. The maximum absolute atomic E-state index is 5.67. The number of nitrogens with one attached hydrogen (secondary N) is 2. The first-order valence-corrected chi connectivity index (χ1v) is 7.06. The second-order valence-corrected chi connectivity index (χ2v) is 5.52. The Morgan fingerprint density at radius 2 is 2.26 bits per heavy atom. The Bertz CT molecular complexity index is 546. The number of aromatic nitrogens is 2. The fourth-order valence-corrected chi connectivity index (χ4v) is 2.77. The van der Waals surface area contributed by atoms with Crippen molar-refractivity contribution in [2.24, 2.45) is 0 Å². The molecule has 2 N–H and O–H groups in total. The normalized spacial score (nSPS) is 17.4. The number of rotatable bonds is 5. The van der Waals surface area contributed by atoms with Crippen LogP contribution in [0.3, 0.4) is 0 Å². The van der Waals surface area contributed by atoms with E-state index < -0.39 is 0 Å². The van der Waals surface area contributed by atoms with Gasteiger partial charge in [-0.25, -0.2) is 0 Å². The van der Waals surface area contributed by atoms with Gasteiger partial charge in [-0.1, -0.05) is 6.92 Å². The summed E-state index contributed by atoms with van der Waals surface area (Å²) in [6.07, 6.45) is 7.01. The average Bonchev–Trinajstić information content (AvgIpc) is 2.96. The molecule has 1 saturated carbocycles. The first kappa shape index (κ1) is 12.5. The van der Waals surface area contributed by atoms with E-state index in [1.807, 2.05) is 25.3 Å². The first-order chi connectivity index (χ1) is 9.22. The van der Waals surface area contributed by atoms with E-state index in [9.17, 15) is 0 Å². The van der Waals surface area contributed by atoms with Gasteiger partial charge in [-0.15, -0.1) is 0 Å². The standard InChI is InChI=1S/C15H21N3O/c1-3-15(7-4-8-15)16-9-12-10-17-18-14(12)13-6-5-11(2)19-13/h5-6,10,16H,3-4,7-9H2,1-2H3,(H,17,18). The molecule has 102 valence electrons. The molecule has 1 aliphatic rings. The maximum atomic E-state index is 5.67. The van der Waals surface area contributed by atoms with Crippen molar-refractivity contribution in [1.82, 2.24) is 15.5 Å². The molecule has 4 heteroatoms. The SMILES string of the molecule is CCC1(NCc2cn[nH]c2-c2ccc(C)o2)CCC1. The fraction of sp³-hybridized carbons (Fsp3) is 0.533. The quantitative estimate of drug-likeness (QED) is 0.865. The molecule has 0 spiro atoms. The minimum absolute atomic E-state index is 0.355. The lowest BCUT2D eigenvalue weighted by Gasteiger charge is -2.42. The van der Waals surface area contributed by atoms with Crippen molar-refractivity contribution in [3.05, 3.63) is 29.7 Å². The number of aromatic amines is 1. The van der Waals surface area contributed by atoms with Gasteiger partial charge in [0, 0.05) is 17.6 Å². The van der Waals surface area contributed by atoms with Crippen LogP contribution in [0.2, 0.25) is 0 Å². The second-order valence-electron chi connectivity index (χ2n) is 5.52. The topological polar surface area (TPSA) is 53.9 Å². The van der Waals surface area contributed by atoms with E-state index in [4.69, 9.17) is 4.42 Å². The van der Waals surface area contributed by atoms with Crippen LogP contribution in [0.1, 0.15) is 43.9 Å². The summed E-state index contributed by atoms with van der Waals surface area (Å²) in [6.45, 7) is 5.07. The van der Waals surface area contributed by atoms with Crippen LogP contribution in [0.25, 0.3) is 11.5 Å². The molecule has 2 aromatic rings. The zero-order valence-electron chi connectivity index (χ0n) is 11.6. The van der Waals surface area contributed by atoms with Gasteiger partial charge < -0.3 is 9.73 Å². The molecule has 0 unspecified atom stereocenters. The summed E-state index contributed by atoms with van der Waals surface area (Å²) in [4.78, 5) is 0. The Kier molecular flexibility index (Phi) is 3.19. The van der Waals surface area contributed by atoms with Crippen molar-refractivity contribution in [2.75, 3.05) is 0 Å². The van der Waals surface area contributed by atoms with Crippen LogP contribution in [0.15, 0.2) is 22.7 Å². The van der Waals surface area contributed by atoms with Crippen molar-refractivity contribution in [3.63, 3.8) is 0 Å². The van der Waals surface area contributed by atoms with Gasteiger partial charge in [-0.2, -0.15) is 5.10 Å². The van der Waals surface area contributed by atoms with Gasteiger partial charge in [0.2, 0.25) is 0 Å². The molecule has 0 aromatic carbocycles. The van der Waals surface area contributed by atoms with Crippen molar-refractivity contribution in [3.8, 4) is 11.5 Å². The molecule has 1 fully saturated rings. The predicted molar refractivity (Wildman–Crippen MR) is 74.7 cm³/mol. The predicted octanol–water partition coefficient (Wildman–Crippen LogP) is 3.40. The van der Waals surface area contributed by atoms with E-state index in [0.717, 1.165) is 23.8 Å². The van der Waals surface area contributed by atoms with Gasteiger partial charge in [0.25, 0.3) is 0 Å². The van der Waals surface area contributed by atoms with Crippen LogP contribution in [-0.2, 0) is 6.54 Å². The minimum Gasteiger partial charge on any atom is -0.460 e. The van der Waals surface area contributed by atoms with Crippen molar-refractivity contribution >= 4 is 0 Å². The van der Waals surface area contributed by atoms with Gasteiger partial charge in [-0.05, 0) is 44.7 Å². The molecule has 4 nitrogen and oxygen atoms in total. The van der Waals surface area contributed by atoms with Crippen LogP contribution in [-0.4, -0.2) is 15.7 Å². The summed E-state index contributed by atoms with van der Waals surface area (Å²) in [6, 6.07) is 3.97. The van der Waals surface area contributed by atoms with Crippen molar-refractivity contribution in [1.29, 1.82) is 0 Å². The number of H-pyrrole nitrogens is 1. The van der Waals surface area contributed by atoms with Gasteiger partial charge in [0.15, 0.2) is 5.76 Å². The Morgan fingerprint density at radius 1 is 1.42 bits per heavy atom. The Balaban J connectivity index is 1.74. The summed E-state index contributed by atoms with van der Waals surface area (Å²) in [5.41, 5.74) is 2.52. The van der Waals surface area contributed by atoms with Crippen molar-refractivity contribution in [2.45, 2.75) is 51.6 Å². The van der Waals surface area contributed by atoms with E-state index >= 15 is 0 Å². The molecule has 0 aliphatic heterocycles. The van der Waals surface area contributed by atoms with Crippen LogP contribution in [0.5, 0.6) is 0 Å².